The minimum absolute atomic E-state index is 0. The van der Waals surface area contributed by atoms with Crippen LogP contribution in [0.1, 0.15) is 5.56 Å². The summed E-state index contributed by atoms with van der Waals surface area (Å²) in [6, 6.07) is 19.0. The van der Waals surface area contributed by atoms with E-state index >= 15 is 0 Å². The maximum atomic E-state index is 10.7. The van der Waals surface area contributed by atoms with Gasteiger partial charge in [0.15, 0.2) is 0 Å². The highest BCUT2D eigenvalue weighted by molar-refractivity contribution is 6.33. The maximum absolute atomic E-state index is 10.7. The van der Waals surface area contributed by atoms with E-state index in [1.807, 2.05) is 12.1 Å². The van der Waals surface area contributed by atoms with Gasteiger partial charge < -0.3 is 10.6 Å². The predicted octanol–water partition coefficient (Wildman–Crippen LogP) is 5.02. The summed E-state index contributed by atoms with van der Waals surface area (Å²) in [6.07, 6.45) is 0. The van der Waals surface area contributed by atoms with E-state index in [1.165, 1.54) is 28.5 Å². The Kier molecular flexibility index (Phi) is 7.21. The van der Waals surface area contributed by atoms with Crippen molar-refractivity contribution in [2.24, 2.45) is 0 Å². The molecule has 0 unspecified atom stereocenters. The number of nitrogens with zero attached hydrogens (tertiary/aromatic N) is 1. The molecule has 2 N–H and O–H groups in total. The van der Waals surface area contributed by atoms with Gasteiger partial charge in [-0.2, -0.15) is 0 Å². The van der Waals surface area contributed by atoms with E-state index in [1.54, 1.807) is 6.07 Å². The second-order valence-electron chi connectivity index (χ2n) is 5.66. The first-order valence-corrected chi connectivity index (χ1v) is 8.38. The number of hydrogen-bond acceptors (Lipinski definition) is 4. The molecule has 0 aliphatic rings. The Hall–Kier alpha value is -2.34. The Morgan fingerprint density at radius 2 is 1.77 bits per heavy atom. The largest absolute Gasteiger partial charge is 0.383 e. The van der Waals surface area contributed by atoms with Crippen LogP contribution in [0.4, 0.5) is 11.4 Å². The van der Waals surface area contributed by atoms with Crippen LogP contribution in [-0.2, 0) is 6.54 Å². The van der Waals surface area contributed by atoms with Gasteiger partial charge in [0, 0.05) is 31.8 Å². The summed E-state index contributed by atoms with van der Waals surface area (Å²) >= 11 is 6.06. The smallest absolute Gasteiger partial charge is 0.271 e. The maximum Gasteiger partial charge on any atom is 0.271 e. The van der Waals surface area contributed by atoms with Gasteiger partial charge in [0.2, 0.25) is 0 Å². The fourth-order valence-corrected chi connectivity index (χ4v) is 2.96. The van der Waals surface area contributed by atoms with Crippen LogP contribution in [0.3, 0.4) is 0 Å². The molecule has 3 aromatic carbocycles. The van der Waals surface area contributed by atoms with Crippen molar-refractivity contribution in [2.45, 2.75) is 6.54 Å². The zero-order chi connectivity index (χ0) is 17.6. The Morgan fingerprint density at radius 1 is 1.00 bits per heavy atom. The van der Waals surface area contributed by atoms with E-state index in [-0.39, 0.29) is 18.1 Å². The van der Waals surface area contributed by atoms with Crippen LogP contribution in [-0.4, -0.2) is 18.0 Å². The molecule has 136 valence electrons. The summed E-state index contributed by atoms with van der Waals surface area (Å²) in [4.78, 5) is 10.3. The second kappa shape index (κ2) is 9.38. The zero-order valence-electron chi connectivity index (χ0n) is 13.9. The van der Waals surface area contributed by atoms with Gasteiger partial charge in [0.05, 0.1) is 15.6 Å². The Morgan fingerprint density at radius 3 is 2.54 bits per heavy atom. The number of fused-ring (bicyclic) bond motifs is 1. The van der Waals surface area contributed by atoms with Gasteiger partial charge in [0.1, 0.15) is 0 Å². The van der Waals surface area contributed by atoms with Gasteiger partial charge in [-0.1, -0.05) is 54.1 Å². The molecule has 0 amide bonds. The Labute approximate surface area is 162 Å². The summed E-state index contributed by atoms with van der Waals surface area (Å²) < 4.78 is 0. The topological polar surface area (TPSA) is 67.2 Å². The van der Waals surface area contributed by atoms with Crippen LogP contribution in [0.25, 0.3) is 10.8 Å². The normalized spacial score (nSPS) is 10.3. The van der Waals surface area contributed by atoms with E-state index < -0.39 is 4.92 Å². The minimum Gasteiger partial charge on any atom is -0.383 e. The standard InChI is InChI=1S/C19H18ClN3O2.ClH/c20-18-12-16(23(24)25)8-9-19(18)22-11-10-21-13-15-6-3-5-14-4-1-2-7-17(14)15;/h1-9,12,21-22H,10-11,13H2;1H. The summed E-state index contributed by atoms with van der Waals surface area (Å²) in [6.45, 7) is 2.19. The lowest BCUT2D eigenvalue weighted by Gasteiger charge is -2.10. The molecule has 0 atom stereocenters. The molecule has 0 aliphatic carbocycles. The van der Waals surface area contributed by atoms with Crippen molar-refractivity contribution in [3.63, 3.8) is 0 Å². The van der Waals surface area contributed by atoms with Gasteiger partial charge in [0.25, 0.3) is 5.69 Å². The number of nitrogens with one attached hydrogen (secondary N) is 2. The average Bonchev–Trinajstić information content (AvgIpc) is 2.62. The molecule has 3 aromatic rings. The highest BCUT2D eigenvalue weighted by atomic mass is 35.5. The number of nitro groups is 1. The molecule has 7 heteroatoms. The average molecular weight is 392 g/mol. The molecule has 26 heavy (non-hydrogen) atoms. The highest BCUT2D eigenvalue weighted by Gasteiger charge is 2.08. The van der Waals surface area contributed by atoms with E-state index in [0.29, 0.717) is 17.3 Å². The fourth-order valence-electron chi connectivity index (χ4n) is 2.72. The first kappa shape index (κ1) is 20.0. The zero-order valence-corrected chi connectivity index (χ0v) is 15.5. The lowest BCUT2D eigenvalue weighted by atomic mass is 10.0. The van der Waals surface area contributed by atoms with Crippen LogP contribution in [0.5, 0.6) is 0 Å². The SMILES string of the molecule is Cl.O=[N+]([O-])c1ccc(NCCNCc2cccc3ccccc23)c(Cl)c1. The molecule has 0 radical (unpaired) electrons. The van der Waals surface area contributed by atoms with Crippen LogP contribution < -0.4 is 10.6 Å². The van der Waals surface area contributed by atoms with E-state index in [9.17, 15) is 10.1 Å². The predicted molar refractivity (Wildman–Crippen MR) is 109 cm³/mol. The monoisotopic (exact) mass is 391 g/mol. The van der Waals surface area contributed by atoms with Crippen molar-refractivity contribution in [1.29, 1.82) is 0 Å². The number of benzene rings is 3. The third-order valence-electron chi connectivity index (χ3n) is 3.98. The van der Waals surface area contributed by atoms with E-state index in [2.05, 4.69) is 41.0 Å². The molecule has 0 spiro atoms. The number of rotatable bonds is 7. The van der Waals surface area contributed by atoms with Crippen LogP contribution in [0, 0.1) is 10.1 Å². The lowest BCUT2D eigenvalue weighted by Crippen LogP contribution is -2.22. The van der Waals surface area contributed by atoms with E-state index in [4.69, 9.17) is 11.6 Å². The van der Waals surface area contributed by atoms with Crippen LogP contribution >= 0.6 is 24.0 Å². The summed E-state index contributed by atoms with van der Waals surface area (Å²) in [7, 11) is 0. The molecular weight excluding hydrogens is 373 g/mol. The Balaban J connectivity index is 0.00000243. The number of halogens is 2. The van der Waals surface area contributed by atoms with E-state index in [0.717, 1.165) is 13.1 Å². The highest BCUT2D eigenvalue weighted by Crippen LogP contribution is 2.26. The number of anilines is 1. The van der Waals surface area contributed by atoms with Crippen molar-refractivity contribution in [1.82, 2.24) is 5.32 Å². The molecule has 5 nitrogen and oxygen atoms in total. The van der Waals surface area contributed by atoms with Gasteiger partial charge >= 0.3 is 0 Å². The fraction of sp³-hybridized carbons (Fsp3) is 0.158. The quantitative estimate of drug-likeness (QED) is 0.336. The molecule has 0 aromatic heterocycles. The van der Waals surface area contributed by atoms with Gasteiger partial charge in [-0.15, -0.1) is 12.4 Å². The third-order valence-corrected chi connectivity index (χ3v) is 4.29. The molecule has 0 fully saturated rings. The molecule has 0 bridgehead atoms. The molecule has 0 aliphatic heterocycles. The summed E-state index contributed by atoms with van der Waals surface area (Å²) in [5, 5.41) is 20.1. The second-order valence-corrected chi connectivity index (χ2v) is 6.07. The van der Waals surface area contributed by atoms with Crippen molar-refractivity contribution in [3.8, 4) is 0 Å². The molecule has 0 saturated heterocycles. The molecule has 0 heterocycles. The number of non-ortho nitro benzene ring substituents is 1. The van der Waals surface area contributed by atoms with Crippen molar-refractivity contribution in [3.05, 3.63) is 81.4 Å². The van der Waals surface area contributed by atoms with Gasteiger partial charge in [-0.3, -0.25) is 10.1 Å². The molecular formula is C19H19Cl2N3O2. The molecule has 3 rings (SSSR count). The van der Waals surface area contributed by atoms with Crippen molar-refractivity contribution < 1.29 is 4.92 Å². The first-order valence-electron chi connectivity index (χ1n) is 8.00. The van der Waals surface area contributed by atoms with Crippen LogP contribution in [0.2, 0.25) is 5.02 Å². The summed E-state index contributed by atoms with van der Waals surface area (Å²) in [5.41, 5.74) is 1.94. The molecule has 0 saturated carbocycles. The number of hydrogen-bond donors (Lipinski definition) is 2. The Bertz CT molecular complexity index is 898. The van der Waals surface area contributed by atoms with Crippen LogP contribution in [0.15, 0.2) is 60.7 Å². The van der Waals surface area contributed by atoms with Gasteiger partial charge in [-0.25, -0.2) is 0 Å². The van der Waals surface area contributed by atoms with Gasteiger partial charge in [-0.05, 0) is 22.4 Å². The van der Waals surface area contributed by atoms with Crippen molar-refractivity contribution >= 4 is 46.2 Å². The van der Waals surface area contributed by atoms with Crippen molar-refractivity contribution in [2.75, 3.05) is 18.4 Å². The first-order chi connectivity index (χ1) is 12.1. The summed E-state index contributed by atoms with van der Waals surface area (Å²) in [5.74, 6) is 0. The minimum atomic E-state index is -0.457. The number of nitro benzene ring substituents is 1. The third kappa shape index (κ3) is 4.85. The lowest BCUT2D eigenvalue weighted by molar-refractivity contribution is -0.384.